The second-order valence-electron chi connectivity index (χ2n) is 11.9. The summed E-state index contributed by atoms with van der Waals surface area (Å²) in [7, 11) is 0. The zero-order valence-corrected chi connectivity index (χ0v) is 31.0. The van der Waals surface area contributed by atoms with Crippen LogP contribution in [0.25, 0.3) is 21.1 Å². The highest BCUT2D eigenvalue weighted by molar-refractivity contribution is 8.01. The second-order valence-corrected chi connectivity index (χ2v) is 16.2. The Morgan fingerprint density at radius 1 is 0.643 bits per heavy atom. The summed E-state index contributed by atoms with van der Waals surface area (Å²) in [5.74, 6) is -3.23. The van der Waals surface area contributed by atoms with Gasteiger partial charge in [-0.05, 0) is 53.2 Å². The number of anilines is 2. The fourth-order valence-electron chi connectivity index (χ4n) is 5.95. The normalized spacial score (nSPS) is 17.5. The van der Waals surface area contributed by atoms with Crippen LogP contribution in [0.5, 0.6) is 0 Å². The van der Waals surface area contributed by atoms with Gasteiger partial charge >= 0.3 is 12.4 Å². The molecule has 0 aliphatic carbocycles. The molecule has 2 saturated heterocycles. The van der Waals surface area contributed by atoms with Crippen molar-refractivity contribution in [3.8, 4) is 33.3 Å². The molecule has 2 atom stereocenters. The molecule has 7 rings (SSSR count). The van der Waals surface area contributed by atoms with E-state index in [1.165, 1.54) is 48.5 Å². The van der Waals surface area contributed by atoms with Crippen LogP contribution in [0.3, 0.4) is 0 Å². The number of halogens is 6. The average Bonchev–Trinajstić information content (AvgIpc) is 3.96. The number of benzene rings is 1. The maximum atomic E-state index is 14.1. The number of nitrogens with zero attached hydrogens (tertiary/aromatic N) is 6. The molecule has 2 fully saturated rings. The van der Waals surface area contributed by atoms with Gasteiger partial charge in [0.05, 0.1) is 65.3 Å². The molecule has 6 heterocycles. The number of rotatable bonds is 8. The molecule has 2 aliphatic heterocycles. The Morgan fingerprint density at radius 3 is 1.39 bits per heavy atom. The number of thiophene rings is 2. The molecular formula is C36H18F6N6O4S4. The van der Waals surface area contributed by atoms with E-state index in [-0.39, 0.29) is 22.8 Å². The van der Waals surface area contributed by atoms with E-state index < -0.39 is 91.6 Å². The van der Waals surface area contributed by atoms with Crippen molar-refractivity contribution >= 4 is 81.2 Å². The molecule has 2 aliphatic rings. The Hall–Kier alpha value is -5.54. The van der Waals surface area contributed by atoms with Crippen LogP contribution in [0, 0.1) is 22.7 Å². The number of carbonyl (C=O) groups excluding carboxylic acids is 4. The summed E-state index contributed by atoms with van der Waals surface area (Å²) < 4.78 is 84.4. The van der Waals surface area contributed by atoms with Crippen LogP contribution in [0.2, 0.25) is 0 Å². The van der Waals surface area contributed by atoms with Crippen molar-refractivity contribution in [2.75, 3.05) is 9.80 Å². The topological polar surface area (TPSA) is 148 Å². The van der Waals surface area contributed by atoms with Gasteiger partial charge in [-0.2, -0.15) is 36.9 Å². The minimum absolute atomic E-state index is 0.0813. The number of aromatic nitrogens is 2. The van der Waals surface area contributed by atoms with E-state index in [0.29, 0.717) is 33.3 Å². The largest absolute Gasteiger partial charge is 0.417 e. The van der Waals surface area contributed by atoms with Crippen LogP contribution in [0.4, 0.5) is 37.7 Å². The molecule has 56 heavy (non-hydrogen) atoms. The van der Waals surface area contributed by atoms with Crippen molar-refractivity contribution in [3.05, 3.63) is 93.7 Å². The van der Waals surface area contributed by atoms with Gasteiger partial charge in [-0.25, -0.2) is 19.8 Å². The number of hydrogen-bond acceptors (Lipinski definition) is 12. The Balaban J connectivity index is 1.15. The summed E-state index contributed by atoms with van der Waals surface area (Å²) in [6, 6.07) is 16.0. The predicted molar refractivity (Wildman–Crippen MR) is 194 cm³/mol. The van der Waals surface area contributed by atoms with Crippen molar-refractivity contribution in [1.29, 1.82) is 10.5 Å². The van der Waals surface area contributed by atoms with E-state index in [2.05, 4.69) is 9.97 Å². The minimum Gasteiger partial charge on any atom is -0.274 e. The van der Waals surface area contributed by atoms with Crippen molar-refractivity contribution in [3.63, 3.8) is 0 Å². The summed E-state index contributed by atoms with van der Waals surface area (Å²) in [5.41, 5.74) is -4.46. The van der Waals surface area contributed by atoms with E-state index in [1.54, 1.807) is 22.9 Å². The Bertz CT molecular complexity index is 2340. The number of amides is 4. The molecular weight excluding hydrogens is 823 g/mol. The van der Waals surface area contributed by atoms with Crippen LogP contribution in [-0.2, 0) is 31.5 Å². The lowest BCUT2D eigenvalue weighted by Gasteiger charge is -2.20. The van der Waals surface area contributed by atoms with E-state index in [9.17, 15) is 56.0 Å². The molecule has 4 amide bonds. The fraction of sp³-hybridized carbons (Fsp3) is 0.167. The molecule has 10 nitrogen and oxygen atoms in total. The maximum Gasteiger partial charge on any atom is 0.417 e. The van der Waals surface area contributed by atoms with Crippen molar-refractivity contribution in [2.24, 2.45) is 0 Å². The van der Waals surface area contributed by atoms with Crippen molar-refractivity contribution < 1.29 is 45.5 Å². The molecule has 0 unspecified atom stereocenters. The van der Waals surface area contributed by atoms with Gasteiger partial charge in [0.15, 0.2) is 0 Å². The van der Waals surface area contributed by atoms with E-state index >= 15 is 0 Å². The second kappa shape index (κ2) is 14.8. The number of pyridine rings is 2. The number of thioether (sulfide) groups is 2. The third-order valence-electron chi connectivity index (χ3n) is 8.42. The first kappa shape index (κ1) is 38.7. The van der Waals surface area contributed by atoms with Gasteiger partial charge in [-0.1, -0.05) is 41.7 Å². The molecule has 0 saturated carbocycles. The maximum absolute atomic E-state index is 14.1. The highest BCUT2D eigenvalue weighted by atomic mass is 32.2. The molecule has 282 valence electrons. The summed E-state index contributed by atoms with van der Waals surface area (Å²) in [6.07, 6.45) is -10.8. The van der Waals surface area contributed by atoms with Gasteiger partial charge < -0.3 is 0 Å². The number of imide groups is 2. The smallest absolute Gasteiger partial charge is 0.274 e. The van der Waals surface area contributed by atoms with Crippen LogP contribution < -0.4 is 9.80 Å². The predicted octanol–water partition coefficient (Wildman–Crippen LogP) is 8.56. The Morgan fingerprint density at radius 2 is 1.05 bits per heavy atom. The van der Waals surface area contributed by atoms with Gasteiger partial charge in [0, 0.05) is 12.8 Å². The van der Waals surface area contributed by atoms with Gasteiger partial charge in [0.25, 0.3) is 0 Å². The SMILES string of the molecule is N#Cc1c(C(F)(F)F)cc(-c2cccs2)nc1S[C@@H]1CC(=O)N(c2cccc(N3C(=O)C[C@@H](Sc4nc(-c5cccs5)cc(C(F)(F)F)c4C#N)C3=O)c2)C1=O. The van der Waals surface area contributed by atoms with Crippen molar-refractivity contribution in [1.82, 2.24) is 9.97 Å². The lowest BCUT2D eigenvalue weighted by Crippen LogP contribution is -2.33. The van der Waals surface area contributed by atoms with Crippen LogP contribution in [-0.4, -0.2) is 44.1 Å². The van der Waals surface area contributed by atoms with E-state index in [4.69, 9.17) is 0 Å². The van der Waals surface area contributed by atoms with Gasteiger partial charge in [0.2, 0.25) is 23.6 Å². The zero-order valence-electron chi connectivity index (χ0n) is 27.7. The van der Waals surface area contributed by atoms with E-state index in [0.717, 1.165) is 44.6 Å². The molecule has 5 aromatic rings. The fourth-order valence-corrected chi connectivity index (χ4v) is 9.58. The van der Waals surface area contributed by atoms with Crippen LogP contribution in [0.1, 0.15) is 35.1 Å². The van der Waals surface area contributed by atoms with Gasteiger partial charge in [0.1, 0.15) is 22.2 Å². The molecule has 0 spiro atoms. The molecule has 1 aromatic carbocycles. The molecule has 0 N–H and O–H groups in total. The third kappa shape index (κ3) is 7.28. The van der Waals surface area contributed by atoms with Gasteiger partial charge in [-0.15, -0.1) is 22.7 Å². The summed E-state index contributed by atoms with van der Waals surface area (Å²) in [6.45, 7) is 0. The standard InChI is InChI=1S/C36H18F6N6O4S4/c37-35(38,39)21-11-23(25-6-2-8-53-25)45-31(19(21)15-43)55-27-13-29(49)47(33(27)51)17-4-1-5-18(10-17)48-30(50)14-28(34(48)52)56-32-20(16-44)22(36(40,41)42)12-24(46-32)26-7-3-9-54-26/h1-12,27-28H,13-14H2/t27-,28-/m1/s1. The summed E-state index contributed by atoms with van der Waals surface area (Å²) >= 11 is 3.29. The minimum atomic E-state index is -4.94. The average molecular weight is 841 g/mol. The van der Waals surface area contributed by atoms with Crippen LogP contribution in [0.15, 0.2) is 81.5 Å². The molecule has 20 heteroatoms. The zero-order chi connectivity index (χ0) is 40.1. The quantitative estimate of drug-likeness (QED) is 0.110. The first-order valence-electron chi connectivity index (χ1n) is 15.9. The highest BCUT2D eigenvalue weighted by Gasteiger charge is 2.45. The number of nitriles is 2. The number of carbonyl (C=O) groups is 4. The summed E-state index contributed by atoms with van der Waals surface area (Å²) in [4.78, 5) is 64.7. The Labute approximate surface area is 328 Å². The Kier molecular flexibility index (Phi) is 10.3. The highest BCUT2D eigenvalue weighted by Crippen LogP contribution is 2.44. The van der Waals surface area contributed by atoms with Crippen LogP contribution >= 0.6 is 46.2 Å². The van der Waals surface area contributed by atoms with E-state index in [1.807, 2.05) is 0 Å². The first-order chi connectivity index (χ1) is 26.6. The number of alkyl halides is 6. The first-order valence-corrected chi connectivity index (χ1v) is 19.4. The molecule has 4 aromatic heterocycles. The summed E-state index contributed by atoms with van der Waals surface area (Å²) in [5, 5.41) is 19.3. The monoisotopic (exact) mass is 840 g/mol. The van der Waals surface area contributed by atoms with Gasteiger partial charge in [-0.3, -0.25) is 19.2 Å². The number of hydrogen-bond donors (Lipinski definition) is 0. The third-order valence-corrected chi connectivity index (χ3v) is 12.5. The lowest BCUT2D eigenvalue weighted by atomic mass is 10.1. The lowest BCUT2D eigenvalue weighted by molar-refractivity contribution is -0.138. The molecule has 0 bridgehead atoms. The molecule has 0 radical (unpaired) electrons. The van der Waals surface area contributed by atoms with Crippen molar-refractivity contribution in [2.45, 2.75) is 45.7 Å².